The van der Waals surface area contributed by atoms with Crippen LogP contribution in [0.15, 0.2) is 18.5 Å². The molecule has 0 bridgehead atoms. The molecule has 0 amide bonds. The Labute approximate surface area is 123 Å². The predicted molar refractivity (Wildman–Crippen MR) is 74.5 cm³/mol. The van der Waals surface area contributed by atoms with Gasteiger partial charge in [-0.3, -0.25) is 4.98 Å². The van der Waals surface area contributed by atoms with Gasteiger partial charge in [-0.15, -0.1) is 0 Å². The van der Waals surface area contributed by atoms with Gasteiger partial charge in [0.15, 0.2) is 0 Å². The zero-order valence-corrected chi connectivity index (χ0v) is 12.9. The maximum atomic E-state index is 13.2. The zero-order valence-electron chi connectivity index (χ0n) is 12.9. The second-order valence-corrected chi connectivity index (χ2v) is 7.81. The van der Waals surface area contributed by atoms with Crippen molar-refractivity contribution in [3.8, 4) is 0 Å². The number of halogens is 3. The van der Waals surface area contributed by atoms with Gasteiger partial charge in [0.2, 0.25) is 0 Å². The Morgan fingerprint density at radius 1 is 1.05 bits per heavy atom. The highest BCUT2D eigenvalue weighted by Crippen LogP contribution is 2.55. The van der Waals surface area contributed by atoms with Crippen molar-refractivity contribution in [3.05, 3.63) is 29.6 Å². The Hall–Kier alpha value is -1.10. The lowest BCUT2D eigenvalue weighted by molar-refractivity contribution is -0.145. The van der Waals surface area contributed by atoms with E-state index in [9.17, 15) is 18.3 Å². The molecule has 21 heavy (non-hydrogen) atoms. The highest BCUT2D eigenvalue weighted by molar-refractivity contribution is 5.33. The summed E-state index contributed by atoms with van der Waals surface area (Å²) in [7, 11) is 0. The summed E-state index contributed by atoms with van der Waals surface area (Å²) in [5, 5.41) is 11.0. The standard InChI is InChI=1S/C16H22F3NO/c1-13(2)8-14(3,4)10-15(21,9-13)12-7-20-6-5-11(12)16(17,18)19/h5-7,21H,8-10H2,1-4H3. The van der Waals surface area contributed by atoms with Crippen LogP contribution in [0.5, 0.6) is 0 Å². The van der Waals surface area contributed by atoms with Crippen molar-refractivity contribution < 1.29 is 18.3 Å². The molecule has 1 aliphatic rings. The summed E-state index contributed by atoms with van der Waals surface area (Å²) in [5.74, 6) is 0. The molecule has 2 nitrogen and oxygen atoms in total. The lowest BCUT2D eigenvalue weighted by atomic mass is 9.58. The zero-order chi connectivity index (χ0) is 16.1. The molecule has 0 unspecified atom stereocenters. The number of aliphatic hydroxyl groups is 1. The van der Waals surface area contributed by atoms with Gasteiger partial charge in [0, 0.05) is 18.0 Å². The summed E-state index contributed by atoms with van der Waals surface area (Å²) in [5.41, 5.74) is -2.83. The van der Waals surface area contributed by atoms with Gasteiger partial charge in [-0.05, 0) is 36.2 Å². The number of hydrogen-bond acceptors (Lipinski definition) is 2. The fourth-order valence-electron chi connectivity index (χ4n) is 4.27. The number of rotatable bonds is 1. The van der Waals surface area contributed by atoms with E-state index in [2.05, 4.69) is 4.98 Å². The van der Waals surface area contributed by atoms with Crippen molar-refractivity contribution in [1.82, 2.24) is 4.98 Å². The number of alkyl halides is 3. The first-order valence-corrected chi connectivity index (χ1v) is 7.09. The van der Waals surface area contributed by atoms with Crippen LogP contribution in [-0.4, -0.2) is 10.1 Å². The molecule has 1 aromatic heterocycles. The number of pyridine rings is 1. The normalized spacial score (nSPS) is 23.8. The monoisotopic (exact) mass is 301 g/mol. The van der Waals surface area contributed by atoms with Crippen LogP contribution in [0.25, 0.3) is 0 Å². The van der Waals surface area contributed by atoms with Gasteiger partial charge in [-0.25, -0.2) is 0 Å². The largest absolute Gasteiger partial charge is 0.416 e. The third-order valence-corrected chi connectivity index (χ3v) is 4.13. The van der Waals surface area contributed by atoms with E-state index in [1.54, 1.807) is 0 Å². The van der Waals surface area contributed by atoms with Crippen LogP contribution in [-0.2, 0) is 11.8 Å². The minimum absolute atomic E-state index is 0.0987. The van der Waals surface area contributed by atoms with Gasteiger partial charge in [-0.2, -0.15) is 13.2 Å². The maximum absolute atomic E-state index is 13.2. The van der Waals surface area contributed by atoms with Gasteiger partial charge < -0.3 is 5.11 Å². The van der Waals surface area contributed by atoms with Crippen molar-refractivity contribution in [3.63, 3.8) is 0 Å². The van der Waals surface area contributed by atoms with Gasteiger partial charge >= 0.3 is 6.18 Å². The second-order valence-electron chi connectivity index (χ2n) is 7.81. The molecule has 1 aromatic rings. The fourth-order valence-corrected chi connectivity index (χ4v) is 4.27. The topological polar surface area (TPSA) is 33.1 Å². The van der Waals surface area contributed by atoms with Crippen LogP contribution in [0.4, 0.5) is 13.2 Å². The molecule has 1 heterocycles. The first-order chi connectivity index (χ1) is 9.35. The van der Waals surface area contributed by atoms with E-state index in [0.29, 0.717) is 12.8 Å². The molecule has 1 aliphatic carbocycles. The van der Waals surface area contributed by atoms with Gasteiger partial charge in [0.1, 0.15) is 0 Å². The maximum Gasteiger partial charge on any atom is 0.416 e. The minimum atomic E-state index is -4.49. The summed E-state index contributed by atoms with van der Waals surface area (Å²) in [6.45, 7) is 7.95. The molecule has 2 rings (SSSR count). The minimum Gasteiger partial charge on any atom is -0.385 e. The third-order valence-electron chi connectivity index (χ3n) is 4.13. The summed E-state index contributed by atoms with van der Waals surface area (Å²) < 4.78 is 39.7. The van der Waals surface area contributed by atoms with E-state index < -0.39 is 17.3 Å². The lowest BCUT2D eigenvalue weighted by Crippen LogP contribution is -2.45. The Bertz CT molecular complexity index is 519. The molecule has 1 saturated carbocycles. The second kappa shape index (κ2) is 4.70. The number of aromatic nitrogens is 1. The van der Waals surface area contributed by atoms with Gasteiger partial charge in [-0.1, -0.05) is 27.7 Å². The van der Waals surface area contributed by atoms with Crippen molar-refractivity contribution >= 4 is 0 Å². The Kier molecular flexibility index (Phi) is 3.64. The molecule has 0 spiro atoms. The fraction of sp³-hybridized carbons (Fsp3) is 0.688. The van der Waals surface area contributed by atoms with Crippen LogP contribution in [0.1, 0.15) is 58.1 Å². The smallest absolute Gasteiger partial charge is 0.385 e. The molecule has 0 saturated heterocycles. The number of nitrogens with zero attached hydrogens (tertiary/aromatic N) is 1. The van der Waals surface area contributed by atoms with Crippen LogP contribution in [0, 0.1) is 10.8 Å². The molecule has 0 aromatic carbocycles. The Morgan fingerprint density at radius 2 is 1.57 bits per heavy atom. The number of hydrogen-bond donors (Lipinski definition) is 1. The molecule has 1 fully saturated rings. The first kappa shape index (κ1) is 16.3. The van der Waals surface area contributed by atoms with E-state index in [4.69, 9.17) is 0 Å². The van der Waals surface area contributed by atoms with E-state index >= 15 is 0 Å². The lowest BCUT2D eigenvalue weighted by Gasteiger charge is -2.50. The van der Waals surface area contributed by atoms with Crippen molar-refractivity contribution in [2.24, 2.45) is 10.8 Å². The molecule has 1 N–H and O–H groups in total. The van der Waals surface area contributed by atoms with E-state index in [-0.39, 0.29) is 16.4 Å². The first-order valence-electron chi connectivity index (χ1n) is 7.09. The molecule has 0 radical (unpaired) electrons. The quantitative estimate of drug-likeness (QED) is 0.827. The predicted octanol–water partition coefficient (Wildman–Crippen LogP) is 4.52. The summed E-state index contributed by atoms with van der Waals surface area (Å²) in [4.78, 5) is 3.81. The van der Waals surface area contributed by atoms with E-state index in [0.717, 1.165) is 18.7 Å². The molecule has 5 heteroatoms. The molecule has 0 aliphatic heterocycles. The van der Waals surface area contributed by atoms with Gasteiger partial charge in [0.25, 0.3) is 0 Å². The SMILES string of the molecule is CC1(C)CC(C)(C)CC(O)(c2cnccc2C(F)(F)F)C1. The van der Waals surface area contributed by atoms with Crippen LogP contribution >= 0.6 is 0 Å². The molecule has 118 valence electrons. The van der Waals surface area contributed by atoms with E-state index in [1.165, 1.54) is 6.20 Å². The highest BCUT2D eigenvalue weighted by Gasteiger charge is 2.50. The van der Waals surface area contributed by atoms with Crippen molar-refractivity contribution in [1.29, 1.82) is 0 Å². The van der Waals surface area contributed by atoms with Crippen LogP contribution < -0.4 is 0 Å². The summed E-state index contributed by atoms with van der Waals surface area (Å²) in [6.07, 6.45) is -0.727. The average molecular weight is 301 g/mol. The highest BCUT2D eigenvalue weighted by atomic mass is 19.4. The summed E-state index contributed by atoms with van der Waals surface area (Å²) >= 11 is 0. The van der Waals surface area contributed by atoms with Crippen molar-refractivity contribution in [2.45, 2.75) is 58.7 Å². The van der Waals surface area contributed by atoms with Gasteiger partial charge in [0.05, 0.1) is 11.2 Å². The third kappa shape index (κ3) is 3.39. The summed E-state index contributed by atoms with van der Waals surface area (Å²) in [6, 6.07) is 0.946. The molecular weight excluding hydrogens is 279 g/mol. The Balaban J connectivity index is 2.55. The Morgan fingerprint density at radius 3 is 2.05 bits per heavy atom. The average Bonchev–Trinajstić information content (AvgIpc) is 2.22. The van der Waals surface area contributed by atoms with Crippen LogP contribution in [0.3, 0.4) is 0 Å². The molecule has 0 atom stereocenters. The van der Waals surface area contributed by atoms with Crippen molar-refractivity contribution in [2.75, 3.05) is 0 Å². The van der Waals surface area contributed by atoms with E-state index in [1.807, 2.05) is 27.7 Å². The van der Waals surface area contributed by atoms with Crippen LogP contribution in [0.2, 0.25) is 0 Å². The molecular formula is C16H22F3NO.